The lowest BCUT2D eigenvalue weighted by molar-refractivity contribution is 0.0974. The number of hydrogen-bond acceptors (Lipinski definition) is 4. The predicted octanol–water partition coefficient (Wildman–Crippen LogP) is 4.09. The van der Waals surface area contributed by atoms with E-state index in [9.17, 15) is 9.18 Å². The van der Waals surface area contributed by atoms with Crippen LogP contribution in [0, 0.1) is 5.82 Å². The van der Waals surface area contributed by atoms with Crippen LogP contribution in [0.5, 0.6) is 5.88 Å². The second kappa shape index (κ2) is 7.27. The molecule has 0 radical (unpaired) electrons. The number of fused-ring (bicyclic) bond motifs is 1. The molecular weight excluding hydrogens is 351 g/mol. The Morgan fingerprint density at radius 1 is 1.31 bits per heavy atom. The minimum Gasteiger partial charge on any atom is -0.473 e. The summed E-state index contributed by atoms with van der Waals surface area (Å²) in [4.78, 5) is 19.2. The van der Waals surface area contributed by atoms with E-state index in [0.717, 1.165) is 42.0 Å². The maximum absolute atomic E-state index is 13.6. The number of nitrogens with zero attached hydrogens (tertiary/aromatic N) is 2. The lowest BCUT2D eigenvalue weighted by Crippen LogP contribution is -2.42. The van der Waals surface area contributed by atoms with Crippen molar-refractivity contribution in [1.82, 2.24) is 4.98 Å². The molecule has 2 unspecified atom stereocenters. The molecular formula is C20H21FN2O2S. The van der Waals surface area contributed by atoms with Crippen molar-refractivity contribution in [3.05, 3.63) is 53.5 Å². The lowest BCUT2D eigenvalue weighted by Gasteiger charge is -2.35. The molecule has 0 spiro atoms. The Kier molecular flexibility index (Phi) is 4.85. The van der Waals surface area contributed by atoms with Gasteiger partial charge in [0.15, 0.2) is 0 Å². The van der Waals surface area contributed by atoms with Crippen LogP contribution in [-0.2, 0) is 6.42 Å². The van der Waals surface area contributed by atoms with Crippen molar-refractivity contribution in [2.75, 3.05) is 16.4 Å². The van der Waals surface area contributed by atoms with Gasteiger partial charge in [0.05, 0.1) is 0 Å². The smallest absolute Gasteiger partial charge is 0.258 e. The van der Waals surface area contributed by atoms with Gasteiger partial charge in [-0.25, -0.2) is 9.37 Å². The molecule has 0 bridgehead atoms. The van der Waals surface area contributed by atoms with Gasteiger partial charge in [0.25, 0.3) is 5.91 Å². The number of thioether (sulfide) groups is 1. The van der Waals surface area contributed by atoms with Crippen LogP contribution in [0.25, 0.3) is 0 Å². The van der Waals surface area contributed by atoms with E-state index in [1.54, 1.807) is 29.3 Å². The standard InChI is InChI=1S/C20H21FN2O2S/c1-13-2-3-14-10-16(21)4-5-18(14)23(13)20(24)15-6-8-22-19(11-15)25-17-7-9-26-12-17/h4-6,8,10-11,13,17H,2-3,7,9,12H2,1H3. The summed E-state index contributed by atoms with van der Waals surface area (Å²) < 4.78 is 19.5. The molecule has 2 atom stereocenters. The van der Waals surface area contributed by atoms with Crippen LogP contribution >= 0.6 is 11.8 Å². The molecule has 2 aliphatic rings. The fourth-order valence-electron chi connectivity index (χ4n) is 3.55. The van der Waals surface area contributed by atoms with Gasteiger partial charge >= 0.3 is 0 Å². The number of ether oxygens (including phenoxy) is 1. The van der Waals surface area contributed by atoms with Gasteiger partial charge in [-0.05, 0) is 61.8 Å². The minimum absolute atomic E-state index is 0.0595. The van der Waals surface area contributed by atoms with Gasteiger partial charge in [-0.15, -0.1) is 0 Å². The van der Waals surface area contributed by atoms with Gasteiger partial charge in [0.1, 0.15) is 11.9 Å². The Labute approximate surface area is 156 Å². The molecule has 1 saturated heterocycles. The molecule has 0 saturated carbocycles. The molecule has 6 heteroatoms. The van der Waals surface area contributed by atoms with Crippen LogP contribution in [0.1, 0.15) is 35.7 Å². The zero-order valence-electron chi connectivity index (χ0n) is 14.7. The number of anilines is 1. The third-order valence-electron chi connectivity index (χ3n) is 4.95. The van der Waals surface area contributed by atoms with Crippen LogP contribution in [0.2, 0.25) is 0 Å². The van der Waals surface area contributed by atoms with Crippen molar-refractivity contribution in [2.45, 2.75) is 38.3 Å². The summed E-state index contributed by atoms with van der Waals surface area (Å²) in [6.07, 6.45) is 4.38. The summed E-state index contributed by atoms with van der Waals surface area (Å²) >= 11 is 1.87. The van der Waals surface area contributed by atoms with E-state index in [0.29, 0.717) is 11.4 Å². The summed E-state index contributed by atoms with van der Waals surface area (Å²) in [5.41, 5.74) is 2.22. The van der Waals surface area contributed by atoms with E-state index in [-0.39, 0.29) is 23.9 Å². The van der Waals surface area contributed by atoms with Crippen molar-refractivity contribution >= 4 is 23.4 Å². The molecule has 0 N–H and O–H groups in total. The summed E-state index contributed by atoms with van der Waals surface area (Å²) in [5.74, 6) is 2.19. The molecule has 136 valence electrons. The first-order valence-electron chi connectivity index (χ1n) is 8.94. The van der Waals surface area contributed by atoms with Gasteiger partial charge in [-0.1, -0.05) is 0 Å². The Hall–Kier alpha value is -2.08. The summed E-state index contributed by atoms with van der Waals surface area (Å²) in [6.45, 7) is 2.03. The largest absolute Gasteiger partial charge is 0.473 e. The van der Waals surface area contributed by atoms with Crippen LogP contribution in [0.3, 0.4) is 0 Å². The highest BCUT2D eigenvalue weighted by molar-refractivity contribution is 7.99. The molecule has 26 heavy (non-hydrogen) atoms. The molecule has 1 aromatic heterocycles. The van der Waals surface area contributed by atoms with Crippen molar-refractivity contribution < 1.29 is 13.9 Å². The quantitative estimate of drug-likeness (QED) is 0.814. The number of aromatic nitrogens is 1. The Morgan fingerprint density at radius 3 is 3.00 bits per heavy atom. The van der Waals surface area contributed by atoms with Gasteiger partial charge in [-0.3, -0.25) is 4.79 Å². The van der Waals surface area contributed by atoms with Gasteiger partial charge in [-0.2, -0.15) is 11.8 Å². The number of hydrogen-bond donors (Lipinski definition) is 0. The Bertz CT molecular complexity index is 823. The van der Waals surface area contributed by atoms with Crippen LogP contribution in [0.15, 0.2) is 36.5 Å². The fourth-order valence-corrected chi connectivity index (χ4v) is 4.65. The van der Waals surface area contributed by atoms with Gasteiger partial charge in [0, 0.05) is 35.3 Å². The van der Waals surface area contributed by atoms with Crippen molar-refractivity contribution in [3.63, 3.8) is 0 Å². The van der Waals surface area contributed by atoms with Gasteiger partial charge in [0.2, 0.25) is 5.88 Å². The number of halogens is 1. The molecule has 0 aliphatic carbocycles. The third-order valence-corrected chi connectivity index (χ3v) is 6.08. The maximum atomic E-state index is 13.6. The number of carbonyl (C=O) groups is 1. The highest BCUT2D eigenvalue weighted by atomic mass is 32.2. The highest BCUT2D eigenvalue weighted by Gasteiger charge is 2.29. The molecule has 4 rings (SSSR count). The number of benzene rings is 1. The first-order valence-corrected chi connectivity index (χ1v) is 10.1. The van der Waals surface area contributed by atoms with Gasteiger partial charge < -0.3 is 9.64 Å². The van der Waals surface area contributed by atoms with Crippen molar-refractivity contribution in [3.8, 4) is 5.88 Å². The minimum atomic E-state index is -0.264. The van der Waals surface area contributed by atoms with Crippen LogP contribution < -0.4 is 9.64 Å². The average molecular weight is 372 g/mol. The SMILES string of the molecule is CC1CCc2cc(F)ccc2N1C(=O)c1ccnc(OC2CCSC2)c1. The van der Waals surface area contributed by atoms with Crippen molar-refractivity contribution in [1.29, 1.82) is 0 Å². The highest BCUT2D eigenvalue weighted by Crippen LogP contribution is 2.33. The second-order valence-corrected chi connectivity index (χ2v) is 7.97. The normalized spacial score (nSPS) is 22.2. The number of pyridine rings is 1. The summed E-state index contributed by atoms with van der Waals surface area (Å²) in [5, 5.41) is 0. The molecule has 1 amide bonds. The Morgan fingerprint density at radius 2 is 2.19 bits per heavy atom. The van der Waals surface area contributed by atoms with E-state index in [4.69, 9.17) is 4.74 Å². The molecule has 1 fully saturated rings. The van der Waals surface area contributed by atoms with Crippen molar-refractivity contribution in [2.24, 2.45) is 0 Å². The van der Waals surface area contributed by atoms with E-state index < -0.39 is 0 Å². The number of amides is 1. The number of carbonyl (C=O) groups excluding carboxylic acids is 1. The number of rotatable bonds is 3. The average Bonchev–Trinajstić information content (AvgIpc) is 3.14. The number of aryl methyl sites for hydroxylation is 1. The summed E-state index contributed by atoms with van der Waals surface area (Å²) in [7, 11) is 0. The van der Waals surface area contributed by atoms with E-state index in [1.807, 2.05) is 18.7 Å². The predicted molar refractivity (Wildman–Crippen MR) is 102 cm³/mol. The van der Waals surface area contributed by atoms with E-state index >= 15 is 0 Å². The molecule has 1 aromatic carbocycles. The zero-order chi connectivity index (χ0) is 18.1. The molecule has 2 aromatic rings. The Balaban J connectivity index is 1.61. The topological polar surface area (TPSA) is 42.4 Å². The lowest BCUT2D eigenvalue weighted by atomic mass is 9.95. The summed E-state index contributed by atoms with van der Waals surface area (Å²) in [6, 6.07) is 8.13. The molecule has 3 heterocycles. The zero-order valence-corrected chi connectivity index (χ0v) is 15.5. The first kappa shape index (κ1) is 17.3. The third kappa shape index (κ3) is 3.43. The first-order chi connectivity index (χ1) is 12.6. The second-order valence-electron chi connectivity index (χ2n) is 6.82. The monoisotopic (exact) mass is 372 g/mol. The fraction of sp³-hybridized carbons (Fsp3) is 0.400. The van der Waals surface area contributed by atoms with Crippen LogP contribution in [-0.4, -0.2) is 34.5 Å². The molecule has 4 nitrogen and oxygen atoms in total. The van der Waals surface area contributed by atoms with Crippen LogP contribution in [0.4, 0.5) is 10.1 Å². The van der Waals surface area contributed by atoms with E-state index in [2.05, 4.69) is 4.98 Å². The molecule has 2 aliphatic heterocycles. The van der Waals surface area contributed by atoms with E-state index in [1.165, 1.54) is 12.1 Å². The maximum Gasteiger partial charge on any atom is 0.258 e.